The van der Waals surface area contributed by atoms with Gasteiger partial charge in [-0.2, -0.15) is 0 Å². The molecule has 0 amide bonds. The second-order valence-electron chi connectivity index (χ2n) is 5.08. The minimum atomic E-state index is -1.02. The van der Waals surface area contributed by atoms with Crippen molar-refractivity contribution in [1.29, 1.82) is 0 Å². The molecule has 0 bridgehead atoms. The van der Waals surface area contributed by atoms with Crippen molar-refractivity contribution in [3.63, 3.8) is 0 Å². The lowest BCUT2D eigenvalue weighted by atomic mass is 10.2. The molecule has 2 N–H and O–H groups in total. The highest BCUT2D eigenvalue weighted by molar-refractivity contribution is 5.89. The van der Waals surface area contributed by atoms with Crippen LogP contribution in [0.3, 0.4) is 0 Å². The molecule has 0 spiro atoms. The summed E-state index contributed by atoms with van der Waals surface area (Å²) < 4.78 is 6.92. The van der Waals surface area contributed by atoms with E-state index in [0.29, 0.717) is 17.1 Å². The number of nitrogens with zero attached hydrogens (tertiary/aromatic N) is 3. The summed E-state index contributed by atoms with van der Waals surface area (Å²) in [6, 6.07) is 8.78. The fraction of sp³-hybridized carbons (Fsp3) is 0.188. The zero-order valence-corrected chi connectivity index (χ0v) is 12.7. The fourth-order valence-corrected chi connectivity index (χ4v) is 2.27. The smallest absolute Gasteiger partial charge is 0.415 e. The summed E-state index contributed by atoms with van der Waals surface area (Å²) in [6.07, 6.45) is 1.95. The molecule has 0 saturated heterocycles. The number of carbonyl (C=O) groups is 1. The van der Waals surface area contributed by atoms with Crippen molar-refractivity contribution < 1.29 is 14.6 Å². The third kappa shape index (κ3) is 3.00. The van der Waals surface area contributed by atoms with Gasteiger partial charge in [-0.3, -0.25) is 4.57 Å². The van der Waals surface area contributed by atoms with Crippen LogP contribution in [-0.4, -0.2) is 32.8 Å². The lowest BCUT2D eigenvalue weighted by molar-refractivity contribution is 0.197. The predicted molar refractivity (Wildman–Crippen MR) is 84.9 cm³/mol. The highest BCUT2D eigenvalue weighted by atomic mass is 16.5. The summed E-state index contributed by atoms with van der Waals surface area (Å²) >= 11 is 0. The van der Waals surface area contributed by atoms with Crippen LogP contribution in [0, 0.1) is 0 Å². The molecule has 0 saturated carbocycles. The number of hydrogen-bond acceptors (Lipinski definition) is 5. The van der Waals surface area contributed by atoms with Crippen LogP contribution in [0.5, 0.6) is 11.6 Å². The van der Waals surface area contributed by atoms with Crippen LogP contribution < -0.4 is 10.1 Å². The molecule has 2 aromatic heterocycles. The van der Waals surface area contributed by atoms with Crippen LogP contribution in [0.25, 0.3) is 10.9 Å². The molecule has 23 heavy (non-hydrogen) atoms. The molecule has 7 heteroatoms. The maximum atomic E-state index is 11.1. The third-order valence-corrected chi connectivity index (χ3v) is 3.63. The summed E-state index contributed by atoms with van der Waals surface area (Å²) in [6.45, 7) is 1.99. The Bertz CT molecular complexity index is 859. The second-order valence-corrected chi connectivity index (χ2v) is 5.08. The molecule has 1 aromatic carbocycles. The minimum absolute atomic E-state index is 0.0902. The summed E-state index contributed by atoms with van der Waals surface area (Å²) in [7, 11) is 1.86. The standard InChI is InChI=1S/C16H16N4O3/c1-10(17-2)13-8-15(19-9-18-13)23-12-3-4-14-11(7-12)5-6-20(14)16(21)22/h3-10,17H,1-2H3,(H,21,22). The van der Waals surface area contributed by atoms with E-state index in [4.69, 9.17) is 9.84 Å². The summed E-state index contributed by atoms with van der Waals surface area (Å²) in [5, 5.41) is 13.0. The van der Waals surface area contributed by atoms with Crippen molar-refractivity contribution in [3.8, 4) is 11.6 Å². The van der Waals surface area contributed by atoms with Crippen molar-refractivity contribution in [2.75, 3.05) is 7.05 Å². The number of carboxylic acid groups (broad SMARTS) is 1. The summed E-state index contributed by atoms with van der Waals surface area (Å²) in [5.74, 6) is 1.02. The lowest BCUT2D eigenvalue weighted by Gasteiger charge is -2.11. The van der Waals surface area contributed by atoms with Gasteiger partial charge in [0.25, 0.3) is 0 Å². The molecule has 0 radical (unpaired) electrons. The van der Waals surface area contributed by atoms with Gasteiger partial charge in [0.2, 0.25) is 5.88 Å². The first-order chi connectivity index (χ1) is 11.1. The average Bonchev–Trinajstić information content (AvgIpc) is 2.97. The van der Waals surface area contributed by atoms with Gasteiger partial charge in [-0.25, -0.2) is 14.8 Å². The molecule has 0 aliphatic rings. The highest BCUT2D eigenvalue weighted by Gasteiger charge is 2.10. The predicted octanol–water partition coefficient (Wildman–Crippen LogP) is 3.03. The van der Waals surface area contributed by atoms with E-state index in [0.717, 1.165) is 15.6 Å². The first-order valence-corrected chi connectivity index (χ1v) is 7.10. The van der Waals surface area contributed by atoms with E-state index >= 15 is 0 Å². The zero-order valence-electron chi connectivity index (χ0n) is 12.7. The second kappa shape index (κ2) is 6.05. The Morgan fingerprint density at radius 2 is 2.13 bits per heavy atom. The average molecular weight is 312 g/mol. The normalized spacial score (nSPS) is 12.3. The Kier molecular flexibility index (Phi) is 3.94. The van der Waals surface area contributed by atoms with Crippen LogP contribution >= 0.6 is 0 Å². The van der Waals surface area contributed by atoms with E-state index < -0.39 is 6.09 Å². The lowest BCUT2D eigenvalue weighted by Crippen LogP contribution is -2.13. The van der Waals surface area contributed by atoms with E-state index in [1.165, 1.54) is 12.5 Å². The fourth-order valence-electron chi connectivity index (χ4n) is 2.27. The van der Waals surface area contributed by atoms with Crippen molar-refractivity contribution in [1.82, 2.24) is 19.9 Å². The monoisotopic (exact) mass is 312 g/mol. The summed E-state index contributed by atoms with van der Waals surface area (Å²) in [5.41, 5.74) is 1.44. The number of hydrogen-bond donors (Lipinski definition) is 2. The van der Waals surface area contributed by atoms with Gasteiger partial charge in [0.05, 0.1) is 11.2 Å². The van der Waals surface area contributed by atoms with Crippen LogP contribution in [0.15, 0.2) is 42.9 Å². The largest absolute Gasteiger partial charge is 0.464 e. The molecule has 0 aliphatic heterocycles. The van der Waals surface area contributed by atoms with Crippen molar-refractivity contribution in [2.45, 2.75) is 13.0 Å². The number of aromatic nitrogens is 3. The third-order valence-electron chi connectivity index (χ3n) is 3.63. The molecular weight excluding hydrogens is 296 g/mol. The van der Waals surface area contributed by atoms with E-state index in [1.807, 2.05) is 14.0 Å². The molecule has 3 rings (SSSR count). The molecule has 1 unspecified atom stereocenters. The number of rotatable bonds is 4. The number of nitrogens with one attached hydrogen (secondary N) is 1. The van der Waals surface area contributed by atoms with E-state index in [9.17, 15) is 4.79 Å². The molecule has 0 aliphatic carbocycles. The first kappa shape index (κ1) is 15.0. The molecule has 3 aromatic rings. The maximum Gasteiger partial charge on any atom is 0.415 e. The van der Waals surface area contributed by atoms with E-state index in [1.54, 1.807) is 30.3 Å². The Hall–Kier alpha value is -2.93. The minimum Gasteiger partial charge on any atom is -0.464 e. The van der Waals surface area contributed by atoms with Crippen molar-refractivity contribution >= 4 is 17.0 Å². The van der Waals surface area contributed by atoms with E-state index in [2.05, 4.69) is 15.3 Å². The van der Waals surface area contributed by atoms with Gasteiger partial charge in [0.15, 0.2) is 0 Å². The van der Waals surface area contributed by atoms with E-state index in [-0.39, 0.29) is 6.04 Å². The van der Waals surface area contributed by atoms with Crippen LogP contribution in [-0.2, 0) is 0 Å². The first-order valence-electron chi connectivity index (χ1n) is 7.10. The quantitative estimate of drug-likeness (QED) is 0.769. The number of ether oxygens (including phenoxy) is 1. The molecule has 118 valence electrons. The Morgan fingerprint density at radius 3 is 2.87 bits per heavy atom. The van der Waals surface area contributed by atoms with Gasteiger partial charge in [0.1, 0.15) is 12.1 Å². The number of benzene rings is 1. The zero-order chi connectivity index (χ0) is 16.4. The van der Waals surface area contributed by atoms with Crippen molar-refractivity contribution in [3.05, 3.63) is 48.5 Å². The Balaban J connectivity index is 1.88. The topological polar surface area (TPSA) is 89.3 Å². The Morgan fingerprint density at radius 1 is 1.30 bits per heavy atom. The van der Waals surface area contributed by atoms with Gasteiger partial charge < -0.3 is 15.2 Å². The van der Waals surface area contributed by atoms with Gasteiger partial charge in [-0.1, -0.05) is 0 Å². The van der Waals surface area contributed by atoms with Crippen molar-refractivity contribution in [2.24, 2.45) is 0 Å². The SMILES string of the molecule is CNC(C)c1cc(Oc2ccc3c(ccn3C(=O)O)c2)ncn1. The molecular formula is C16H16N4O3. The molecule has 0 fully saturated rings. The molecule has 7 nitrogen and oxygen atoms in total. The van der Waals surface area contributed by atoms with Gasteiger partial charge >= 0.3 is 6.09 Å². The van der Waals surface area contributed by atoms with Gasteiger partial charge in [-0.05, 0) is 38.2 Å². The molecule has 2 heterocycles. The van der Waals surface area contributed by atoms with Crippen LogP contribution in [0.2, 0.25) is 0 Å². The van der Waals surface area contributed by atoms with Gasteiger partial charge in [-0.15, -0.1) is 0 Å². The summed E-state index contributed by atoms with van der Waals surface area (Å²) in [4.78, 5) is 19.4. The maximum absolute atomic E-state index is 11.1. The van der Waals surface area contributed by atoms with Crippen LogP contribution in [0.1, 0.15) is 18.7 Å². The highest BCUT2D eigenvalue weighted by Crippen LogP contribution is 2.26. The van der Waals surface area contributed by atoms with Crippen LogP contribution in [0.4, 0.5) is 4.79 Å². The number of fused-ring (bicyclic) bond motifs is 1. The van der Waals surface area contributed by atoms with Gasteiger partial charge in [0, 0.05) is 23.7 Å². The Labute approximate surface area is 132 Å². The molecule has 1 atom stereocenters.